The minimum Gasteiger partial charge on any atom is -0.480 e. The average molecular weight is 325 g/mol. The molecule has 2 aromatic rings. The summed E-state index contributed by atoms with van der Waals surface area (Å²) in [7, 11) is 0. The maximum atomic E-state index is 13.1. The van der Waals surface area contributed by atoms with Gasteiger partial charge in [-0.2, -0.15) is 0 Å². The molecule has 1 aromatic heterocycles. The summed E-state index contributed by atoms with van der Waals surface area (Å²) < 4.78 is 14.5. The number of hydrogen-bond acceptors (Lipinski definition) is 4. The molecule has 1 fully saturated rings. The molecule has 1 aliphatic rings. The number of halogens is 2. The van der Waals surface area contributed by atoms with Gasteiger partial charge >= 0.3 is 5.97 Å². The van der Waals surface area contributed by atoms with Crippen LogP contribution in [0.15, 0.2) is 24.4 Å². The number of likely N-dealkylation sites (tertiary alicyclic amines) is 1. The molecule has 1 aliphatic heterocycles. The van der Waals surface area contributed by atoms with E-state index in [0.29, 0.717) is 24.3 Å². The van der Waals surface area contributed by atoms with Crippen molar-refractivity contribution in [2.45, 2.75) is 25.4 Å². The molecule has 0 bridgehead atoms. The molecule has 1 atom stereocenters. The fourth-order valence-corrected chi connectivity index (χ4v) is 2.91. The second-order valence-corrected chi connectivity index (χ2v) is 5.62. The van der Waals surface area contributed by atoms with Crippen LogP contribution >= 0.6 is 11.6 Å². The van der Waals surface area contributed by atoms with Gasteiger partial charge in [0.2, 0.25) is 0 Å². The first-order chi connectivity index (χ1) is 10.5. The maximum Gasteiger partial charge on any atom is 0.320 e. The predicted octanol–water partition coefficient (Wildman–Crippen LogP) is 2.11. The Labute approximate surface area is 131 Å². The number of carbonyl (C=O) groups is 1. The van der Waals surface area contributed by atoms with E-state index in [-0.39, 0.29) is 5.02 Å². The lowest BCUT2D eigenvalue weighted by Crippen LogP contribution is -2.35. The van der Waals surface area contributed by atoms with Crippen LogP contribution < -0.4 is 0 Å². The van der Waals surface area contributed by atoms with E-state index < -0.39 is 17.8 Å². The van der Waals surface area contributed by atoms with Gasteiger partial charge in [0.05, 0.1) is 22.6 Å². The number of rotatable bonds is 4. The third-order valence-electron chi connectivity index (χ3n) is 3.71. The van der Waals surface area contributed by atoms with Gasteiger partial charge in [0, 0.05) is 6.54 Å². The quantitative estimate of drug-likeness (QED) is 0.932. The van der Waals surface area contributed by atoms with Gasteiger partial charge in [-0.05, 0) is 37.6 Å². The van der Waals surface area contributed by atoms with E-state index in [9.17, 15) is 14.3 Å². The lowest BCUT2D eigenvalue weighted by molar-refractivity contribution is -0.142. The highest BCUT2D eigenvalue weighted by Crippen LogP contribution is 2.22. The zero-order valence-corrected chi connectivity index (χ0v) is 12.4. The molecule has 0 unspecified atom stereocenters. The third-order valence-corrected chi connectivity index (χ3v) is 4.01. The van der Waals surface area contributed by atoms with Gasteiger partial charge in [-0.3, -0.25) is 9.69 Å². The summed E-state index contributed by atoms with van der Waals surface area (Å²) in [5.74, 6) is -1.23. The molecule has 1 aromatic carbocycles. The van der Waals surface area contributed by atoms with E-state index in [1.807, 2.05) is 4.90 Å². The Kier molecular flexibility index (Phi) is 4.08. The highest BCUT2D eigenvalue weighted by atomic mass is 35.5. The van der Waals surface area contributed by atoms with Crippen LogP contribution in [0.25, 0.3) is 5.69 Å². The molecular formula is C14H14ClFN4O2. The van der Waals surface area contributed by atoms with Crippen molar-refractivity contribution in [1.82, 2.24) is 19.9 Å². The van der Waals surface area contributed by atoms with Crippen LogP contribution in [0.4, 0.5) is 4.39 Å². The molecule has 1 saturated heterocycles. The lowest BCUT2D eigenvalue weighted by atomic mass is 10.2. The van der Waals surface area contributed by atoms with Crippen LogP contribution in [0.3, 0.4) is 0 Å². The van der Waals surface area contributed by atoms with Crippen LogP contribution in [0.2, 0.25) is 5.02 Å². The Balaban J connectivity index is 1.78. The fourth-order valence-electron chi connectivity index (χ4n) is 2.66. The Hall–Kier alpha value is -1.99. The van der Waals surface area contributed by atoms with E-state index in [4.69, 9.17) is 11.6 Å². The Morgan fingerprint density at radius 2 is 2.32 bits per heavy atom. The van der Waals surface area contributed by atoms with Gasteiger partial charge in [-0.1, -0.05) is 16.8 Å². The summed E-state index contributed by atoms with van der Waals surface area (Å²) in [6.45, 7) is 1.14. The van der Waals surface area contributed by atoms with Crippen molar-refractivity contribution < 1.29 is 14.3 Å². The van der Waals surface area contributed by atoms with Gasteiger partial charge in [-0.15, -0.1) is 5.10 Å². The fraction of sp³-hybridized carbons (Fsp3) is 0.357. The molecule has 22 heavy (non-hydrogen) atoms. The number of aromatic nitrogens is 3. The highest BCUT2D eigenvalue weighted by molar-refractivity contribution is 6.32. The van der Waals surface area contributed by atoms with Gasteiger partial charge < -0.3 is 5.11 Å². The molecule has 0 radical (unpaired) electrons. The van der Waals surface area contributed by atoms with Crippen LogP contribution in [0, 0.1) is 5.82 Å². The lowest BCUT2D eigenvalue weighted by Gasteiger charge is -2.19. The zero-order valence-electron chi connectivity index (χ0n) is 11.6. The van der Waals surface area contributed by atoms with Crippen molar-refractivity contribution in [3.8, 4) is 5.69 Å². The molecule has 0 aliphatic carbocycles. The maximum absolute atomic E-state index is 13.1. The second kappa shape index (κ2) is 6.02. The summed E-state index contributed by atoms with van der Waals surface area (Å²) in [6, 6.07) is 3.55. The third kappa shape index (κ3) is 2.95. The summed E-state index contributed by atoms with van der Waals surface area (Å²) in [5, 5.41) is 17.4. The first-order valence-electron chi connectivity index (χ1n) is 6.88. The Bertz CT molecular complexity index is 706. The van der Waals surface area contributed by atoms with Gasteiger partial charge in [0.1, 0.15) is 11.9 Å². The highest BCUT2D eigenvalue weighted by Gasteiger charge is 2.30. The van der Waals surface area contributed by atoms with Crippen molar-refractivity contribution >= 4 is 17.6 Å². The molecule has 0 spiro atoms. The number of nitrogens with zero attached hydrogens (tertiary/aromatic N) is 4. The van der Waals surface area contributed by atoms with E-state index in [1.54, 1.807) is 6.20 Å². The van der Waals surface area contributed by atoms with Crippen molar-refractivity contribution in [3.05, 3.63) is 40.9 Å². The van der Waals surface area contributed by atoms with E-state index in [2.05, 4.69) is 10.3 Å². The Morgan fingerprint density at radius 3 is 3.05 bits per heavy atom. The van der Waals surface area contributed by atoms with Crippen molar-refractivity contribution in [2.75, 3.05) is 6.54 Å². The molecule has 0 saturated carbocycles. The SMILES string of the molecule is O=C(O)[C@@H]1CCCN1Cc1cn(-c2ccc(F)cc2Cl)nn1. The van der Waals surface area contributed by atoms with Crippen LogP contribution in [-0.2, 0) is 11.3 Å². The number of carboxylic acids is 1. The summed E-state index contributed by atoms with van der Waals surface area (Å²) in [5.41, 5.74) is 1.17. The molecule has 1 N–H and O–H groups in total. The first kappa shape index (κ1) is 14.9. The van der Waals surface area contributed by atoms with Crippen molar-refractivity contribution in [3.63, 3.8) is 0 Å². The number of aliphatic carboxylic acids is 1. The van der Waals surface area contributed by atoms with Crippen LogP contribution in [0.5, 0.6) is 0 Å². The predicted molar refractivity (Wildman–Crippen MR) is 77.4 cm³/mol. The van der Waals surface area contributed by atoms with E-state index in [1.165, 1.54) is 22.9 Å². The standard InChI is InChI=1S/C14H14ClFN4O2/c15-11-6-9(16)3-4-12(11)20-8-10(17-18-20)7-19-5-1-2-13(19)14(21)22/h3-4,6,8,13H,1-2,5,7H2,(H,21,22)/t13-/m0/s1. The minimum atomic E-state index is -0.813. The normalized spacial score (nSPS) is 18.7. The average Bonchev–Trinajstić information content (AvgIpc) is 3.08. The van der Waals surface area contributed by atoms with Crippen LogP contribution in [-0.4, -0.2) is 43.6 Å². The topological polar surface area (TPSA) is 71.2 Å². The van der Waals surface area contributed by atoms with Gasteiger partial charge in [-0.25, -0.2) is 9.07 Å². The smallest absolute Gasteiger partial charge is 0.320 e. The Morgan fingerprint density at radius 1 is 1.50 bits per heavy atom. The number of carboxylic acid groups (broad SMARTS) is 1. The summed E-state index contributed by atoms with van der Waals surface area (Å²) in [6.07, 6.45) is 3.18. The van der Waals surface area contributed by atoms with Gasteiger partial charge in [0.15, 0.2) is 0 Å². The van der Waals surface area contributed by atoms with Gasteiger partial charge in [0.25, 0.3) is 0 Å². The van der Waals surface area contributed by atoms with Crippen LogP contribution in [0.1, 0.15) is 18.5 Å². The second-order valence-electron chi connectivity index (χ2n) is 5.22. The molecule has 0 amide bonds. The van der Waals surface area contributed by atoms with E-state index >= 15 is 0 Å². The molecule has 3 rings (SSSR count). The molecular weight excluding hydrogens is 311 g/mol. The number of hydrogen-bond donors (Lipinski definition) is 1. The van der Waals surface area contributed by atoms with Crippen molar-refractivity contribution in [1.29, 1.82) is 0 Å². The zero-order chi connectivity index (χ0) is 15.7. The molecule has 2 heterocycles. The largest absolute Gasteiger partial charge is 0.480 e. The van der Waals surface area contributed by atoms with E-state index in [0.717, 1.165) is 13.0 Å². The number of benzene rings is 1. The molecule has 116 valence electrons. The molecule has 6 nitrogen and oxygen atoms in total. The first-order valence-corrected chi connectivity index (χ1v) is 7.26. The monoisotopic (exact) mass is 324 g/mol. The summed E-state index contributed by atoms with van der Waals surface area (Å²) in [4.78, 5) is 13.0. The van der Waals surface area contributed by atoms with Crippen molar-refractivity contribution in [2.24, 2.45) is 0 Å². The minimum absolute atomic E-state index is 0.237. The molecule has 8 heteroatoms. The summed E-state index contributed by atoms with van der Waals surface area (Å²) >= 11 is 5.99.